The first kappa shape index (κ1) is 23.2. The molecule has 31 heavy (non-hydrogen) atoms. The van der Waals surface area contributed by atoms with Gasteiger partial charge in [-0.2, -0.15) is 0 Å². The molecule has 2 amide bonds. The van der Waals surface area contributed by atoms with E-state index in [1.54, 1.807) is 42.2 Å². The van der Waals surface area contributed by atoms with E-state index in [-0.39, 0.29) is 18.2 Å². The molecule has 8 heteroatoms. The lowest BCUT2D eigenvalue weighted by atomic mass is 10.1. The van der Waals surface area contributed by atoms with Gasteiger partial charge in [0.2, 0.25) is 5.91 Å². The molecule has 0 radical (unpaired) electrons. The van der Waals surface area contributed by atoms with Gasteiger partial charge < -0.3 is 19.7 Å². The third-order valence-electron chi connectivity index (χ3n) is 4.70. The number of nitrogens with one attached hydrogen (secondary N) is 1. The Balaban J connectivity index is 1.55. The number of nitrogens with zero attached hydrogens (tertiary/aromatic N) is 1. The zero-order chi connectivity index (χ0) is 22.5. The van der Waals surface area contributed by atoms with Crippen LogP contribution in [0.25, 0.3) is 0 Å². The van der Waals surface area contributed by atoms with Crippen molar-refractivity contribution < 1.29 is 19.1 Å². The molecule has 1 aliphatic heterocycles. The summed E-state index contributed by atoms with van der Waals surface area (Å²) in [6.07, 6.45) is 0.256. The normalized spacial score (nSPS) is 15.5. The Kier molecular flexibility index (Phi) is 7.68. The van der Waals surface area contributed by atoms with E-state index < -0.39 is 6.10 Å². The number of carbonyl (C=O) groups excluding carboxylic acids is 2. The Hall–Kier alpha value is -2.44. The third-order valence-corrected chi connectivity index (χ3v) is 5.23. The largest absolute Gasteiger partial charge is 0.492 e. The van der Waals surface area contributed by atoms with Crippen molar-refractivity contribution >= 4 is 46.4 Å². The fraction of sp³-hybridized carbons (Fsp3) is 0.391. The third kappa shape index (κ3) is 6.05. The van der Waals surface area contributed by atoms with E-state index in [1.807, 2.05) is 6.07 Å². The standard InChI is InChI=1S/C23H26Cl2N2O4/c1-14(2)13-27-19-8-7-17(12-21(19)31-15(3)23(27)29)26-22(28)5-4-10-30-20-9-6-16(24)11-18(20)25/h6-9,11-12,14-15H,4-5,10,13H2,1-3H3,(H,26,28). The Morgan fingerprint density at radius 2 is 2.00 bits per heavy atom. The maximum absolute atomic E-state index is 12.5. The number of anilines is 2. The summed E-state index contributed by atoms with van der Waals surface area (Å²) in [5.74, 6) is 1.26. The van der Waals surface area contributed by atoms with Crippen LogP contribution in [-0.2, 0) is 9.59 Å². The number of hydrogen-bond acceptors (Lipinski definition) is 4. The number of benzene rings is 2. The topological polar surface area (TPSA) is 67.9 Å². The molecule has 0 spiro atoms. The van der Waals surface area contributed by atoms with Gasteiger partial charge in [-0.25, -0.2) is 0 Å². The number of hydrogen-bond donors (Lipinski definition) is 1. The molecule has 0 aliphatic carbocycles. The lowest BCUT2D eigenvalue weighted by Crippen LogP contribution is -2.46. The van der Waals surface area contributed by atoms with E-state index in [0.717, 1.165) is 5.69 Å². The molecule has 0 aromatic heterocycles. The number of ether oxygens (including phenoxy) is 2. The number of fused-ring (bicyclic) bond motifs is 1. The molecule has 1 N–H and O–H groups in total. The summed E-state index contributed by atoms with van der Waals surface area (Å²) in [4.78, 5) is 26.5. The highest BCUT2D eigenvalue weighted by Crippen LogP contribution is 2.36. The fourth-order valence-electron chi connectivity index (χ4n) is 3.27. The minimum Gasteiger partial charge on any atom is -0.492 e. The van der Waals surface area contributed by atoms with Crippen molar-refractivity contribution in [1.82, 2.24) is 0 Å². The zero-order valence-electron chi connectivity index (χ0n) is 17.8. The van der Waals surface area contributed by atoms with Crippen LogP contribution >= 0.6 is 23.2 Å². The molecule has 0 saturated carbocycles. The van der Waals surface area contributed by atoms with Gasteiger partial charge in [0, 0.05) is 29.7 Å². The zero-order valence-corrected chi connectivity index (χ0v) is 19.3. The van der Waals surface area contributed by atoms with Crippen molar-refractivity contribution in [3.63, 3.8) is 0 Å². The van der Waals surface area contributed by atoms with Crippen molar-refractivity contribution in [3.8, 4) is 11.5 Å². The first-order valence-electron chi connectivity index (χ1n) is 10.2. The summed E-state index contributed by atoms with van der Waals surface area (Å²) in [6, 6.07) is 10.4. The smallest absolute Gasteiger partial charge is 0.267 e. The van der Waals surface area contributed by atoms with Gasteiger partial charge in [-0.1, -0.05) is 37.0 Å². The predicted molar refractivity (Wildman–Crippen MR) is 124 cm³/mol. The highest BCUT2D eigenvalue weighted by Gasteiger charge is 2.31. The minimum atomic E-state index is -0.561. The van der Waals surface area contributed by atoms with Gasteiger partial charge in [-0.3, -0.25) is 9.59 Å². The average Bonchev–Trinajstić information content (AvgIpc) is 2.69. The quantitative estimate of drug-likeness (QED) is 0.519. The molecule has 6 nitrogen and oxygen atoms in total. The van der Waals surface area contributed by atoms with Crippen molar-refractivity contribution in [3.05, 3.63) is 46.4 Å². The number of halogens is 2. The lowest BCUT2D eigenvalue weighted by molar-refractivity contribution is -0.125. The molecular formula is C23H26Cl2N2O4. The van der Waals surface area contributed by atoms with E-state index in [4.69, 9.17) is 32.7 Å². The van der Waals surface area contributed by atoms with Crippen molar-refractivity contribution in [1.29, 1.82) is 0 Å². The number of amides is 2. The molecule has 0 bridgehead atoms. The minimum absolute atomic E-state index is 0.0567. The van der Waals surface area contributed by atoms with Crippen molar-refractivity contribution in [2.45, 2.75) is 39.7 Å². The predicted octanol–water partition coefficient (Wildman–Crippen LogP) is 5.56. The first-order valence-corrected chi connectivity index (χ1v) is 11.0. The van der Waals surface area contributed by atoms with Crippen LogP contribution in [0.5, 0.6) is 11.5 Å². The van der Waals surface area contributed by atoms with E-state index in [0.29, 0.717) is 52.7 Å². The Bertz CT molecular complexity index is 965. The highest BCUT2D eigenvalue weighted by molar-refractivity contribution is 6.35. The maximum Gasteiger partial charge on any atom is 0.267 e. The Morgan fingerprint density at radius 3 is 2.71 bits per heavy atom. The SMILES string of the molecule is CC(C)CN1C(=O)C(C)Oc2cc(NC(=O)CCCOc3ccc(Cl)cc3Cl)ccc21. The second-order valence-electron chi connectivity index (χ2n) is 7.86. The Labute approximate surface area is 192 Å². The van der Waals surface area contributed by atoms with Gasteiger partial charge in [0.05, 0.1) is 17.3 Å². The summed E-state index contributed by atoms with van der Waals surface area (Å²) in [6.45, 7) is 6.82. The molecule has 1 unspecified atom stereocenters. The van der Waals surface area contributed by atoms with E-state index in [9.17, 15) is 9.59 Å². The fourth-order valence-corrected chi connectivity index (χ4v) is 3.74. The summed E-state index contributed by atoms with van der Waals surface area (Å²) in [7, 11) is 0. The van der Waals surface area contributed by atoms with E-state index in [1.165, 1.54) is 0 Å². The van der Waals surface area contributed by atoms with Gasteiger partial charge in [0.15, 0.2) is 6.10 Å². The molecule has 1 heterocycles. The molecule has 0 fully saturated rings. The molecular weight excluding hydrogens is 439 g/mol. The van der Waals surface area contributed by atoms with Gasteiger partial charge in [0.1, 0.15) is 11.5 Å². The van der Waals surface area contributed by atoms with Crippen molar-refractivity contribution in [2.24, 2.45) is 5.92 Å². The van der Waals surface area contributed by atoms with Crippen LogP contribution in [-0.4, -0.2) is 31.1 Å². The molecule has 2 aromatic rings. The molecule has 3 rings (SSSR count). The first-order chi connectivity index (χ1) is 14.7. The highest BCUT2D eigenvalue weighted by atomic mass is 35.5. The average molecular weight is 465 g/mol. The second-order valence-corrected chi connectivity index (χ2v) is 8.70. The molecule has 2 aromatic carbocycles. The van der Waals surface area contributed by atoms with E-state index in [2.05, 4.69) is 19.2 Å². The second kappa shape index (κ2) is 10.2. The lowest BCUT2D eigenvalue weighted by Gasteiger charge is -2.34. The van der Waals surface area contributed by atoms with Crippen LogP contribution in [0.15, 0.2) is 36.4 Å². The van der Waals surface area contributed by atoms with Crippen LogP contribution in [0.4, 0.5) is 11.4 Å². The summed E-state index contributed by atoms with van der Waals surface area (Å²) in [5, 5.41) is 3.84. The van der Waals surface area contributed by atoms with Gasteiger partial charge >= 0.3 is 0 Å². The van der Waals surface area contributed by atoms with Crippen LogP contribution in [0, 0.1) is 5.92 Å². The van der Waals surface area contributed by atoms with Crippen LogP contribution < -0.4 is 19.7 Å². The van der Waals surface area contributed by atoms with Crippen molar-refractivity contribution in [2.75, 3.05) is 23.4 Å². The van der Waals surface area contributed by atoms with Gasteiger partial charge in [-0.05, 0) is 49.6 Å². The molecule has 1 atom stereocenters. The molecule has 0 saturated heterocycles. The summed E-state index contributed by atoms with van der Waals surface area (Å²) < 4.78 is 11.4. The molecule has 166 valence electrons. The van der Waals surface area contributed by atoms with Crippen LogP contribution in [0.2, 0.25) is 10.0 Å². The van der Waals surface area contributed by atoms with Crippen LogP contribution in [0.3, 0.4) is 0 Å². The number of rotatable bonds is 8. The number of carbonyl (C=O) groups is 2. The Morgan fingerprint density at radius 1 is 1.23 bits per heavy atom. The summed E-state index contributed by atoms with van der Waals surface area (Å²) >= 11 is 11.9. The maximum atomic E-state index is 12.5. The van der Waals surface area contributed by atoms with Gasteiger partial charge in [0.25, 0.3) is 5.91 Å². The van der Waals surface area contributed by atoms with E-state index >= 15 is 0 Å². The van der Waals surface area contributed by atoms with Gasteiger partial charge in [-0.15, -0.1) is 0 Å². The monoisotopic (exact) mass is 464 g/mol. The van der Waals surface area contributed by atoms with Crippen LogP contribution in [0.1, 0.15) is 33.6 Å². The summed E-state index contributed by atoms with van der Waals surface area (Å²) in [5.41, 5.74) is 1.35. The molecule has 1 aliphatic rings.